The zero-order valence-electron chi connectivity index (χ0n) is 24.1. The van der Waals surface area contributed by atoms with Crippen LogP contribution in [0.2, 0.25) is 0 Å². The van der Waals surface area contributed by atoms with E-state index in [1.807, 2.05) is 19.2 Å². The molecule has 0 aromatic heterocycles. The predicted molar refractivity (Wildman–Crippen MR) is 154 cm³/mol. The Kier molecular flexibility index (Phi) is 18.6. The van der Waals surface area contributed by atoms with Gasteiger partial charge in [0.05, 0.1) is 12.6 Å². The Bertz CT molecular complexity index is 890. The Morgan fingerprint density at radius 1 is 0.780 bits per heavy atom. The summed E-state index contributed by atoms with van der Waals surface area (Å²) in [6, 6.07) is -5.62. The van der Waals surface area contributed by atoms with E-state index in [4.69, 9.17) is 16.6 Å². The highest BCUT2D eigenvalue weighted by Gasteiger charge is 2.32. The van der Waals surface area contributed by atoms with Crippen LogP contribution in [0.3, 0.4) is 0 Å². The number of hydrogen-bond donors (Lipinski definition) is 10. The monoisotopic (exact) mass is 605 g/mol. The molecule has 0 fully saturated rings. The Morgan fingerprint density at radius 3 is 1.83 bits per heavy atom. The molecule has 0 aliphatic carbocycles. The summed E-state index contributed by atoms with van der Waals surface area (Å²) in [5, 5.41) is 30.2. The first-order valence-corrected chi connectivity index (χ1v) is 14.2. The van der Waals surface area contributed by atoms with E-state index in [1.165, 1.54) is 0 Å². The molecule has 0 aromatic carbocycles. The number of carbonyl (C=O) groups is 6. The summed E-state index contributed by atoms with van der Waals surface area (Å²) in [5.41, 5.74) is 11.4. The van der Waals surface area contributed by atoms with Crippen molar-refractivity contribution >= 4 is 48.1 Å². The van der Waals surface area contributed by atoms with Crippen molar-refractivity contribution in [1.29, 1.82) is 0 Å². The Hall–Kier alpha value is -2.95. The molecule has 0 bridgehead atoms. The van der Waals surface area contributed by atoms with E-state index >= 15 is 0 Å². The molecule has 5 amide bonds. The molecule has 41 heavy (non-hydrogen) atoms. The van der Waals surface area contributed by atoms with Gasteiger partial charge in [-0.25, -0.2) is 0 Å². The first kappa shape index (κ1) is 38.0. The van der Waals surface area contributed by atoms with Gasteiger partial charge < -0.3 is 48.3 Å². The van der Waals surface area contributed by atoms with Gasteiger partial charge in [-0.05, 0) is 37.6 Å². The van der Waals surface area contributed by atoms with Crippen LogP contribution in [-0.4, -0.2) is 101 Å². The fourth-order valence-corrected chi connectivity index (χ4v) is 3.88. The lowest BCUT2D eigenvalue weighted by Gasteiger charge is -2.28. The SMILES string of the molecule is CC(C)C[C@H](NC(=O)[C@@H](NC(=O)[C@@H](N)CCCCN)C(C)C)C(=O)N[C@@H](CS)C(=O)N[C@@H](CO)C(=O)NCC(=O)O. The van der Waals surface area contributed by atoms with Crippen LogP contribution in [0.5, 0.6) is 0 Å². The average Bonchev–Trinajstić information content (AvgIpc) is 2.90. The zero-order valence-corrected chi connectivity index (χ0v) is 25.0. The number of carboxylic acids is 1. The average molecular weight is 606 g/mol. The van der Waals surface area contributed by atoms with Crippen LogP contribution in [0.1, 0.15) is 53.4 Å². The van der Waals surface area contributed by atoms with Gasteiger partial charge in [0.25, 0.3) is 0 Å². The standard InChI is InChI=1S/C25H47N7O8S/c1-13(2)9-16(29-25(40)20(14(3)4)32-21(36)15(27)7-5-6-8-26)23(38)31-18(12-41)24(39)30-17(11-33)22(37)28-10-19(34)35/h13-18,20,33,41H,5-12,26-27H2,1-4H3,(H,28,37)(H,29,40)(H,30,39)(H,31,38)(H,32,36)(H,34,35)/t15-,16-,17-,18-,20-/m0/s1. The minimum Gasteiger partial charge on any atom is -0.480 e. The van der Waals surface area contributed by atoms with Gasteiger partial charge in [-0.2, -0.15) is 12.6 Å². The number of unbranched alkanes of at least 4 members (excludes halogenated alkanes) is 1. The molecule has 0 aliphatic rings. The first-order valence-electron chi connectivity index (χ1n) is 13.6. The van der Waals surface area contributed by atoms with Gasteiger partial charge in [0.15, 0.2) is 0 Å². The molecule has 15 nitrogen and oxygen atoms in total. The maximum absolute atomic E-state index is 13.2. The van der Waals surface area contributed by atoms with Crippen molar-refractivity contribution in [2.24, 2.45) is 23.3 Å². The highest BCUT2D eigenvalue weighted by molar-refractivity contribution is 7.80. The fourth-order valence-electron chi connectivity index (χ4n) is 3.62. The van der Waals surface area contributed by atoms with Crippen molar-refractivity contribution in [1.82, 2.24) is 26.6 Å². The van der Waals surface area contributed by atoms with E-state index < -0.39 is 78.9 Å². The van der Waals surface area contributed by atoms with Crippen molar-refractivity contribution in [3.8, 4) is 0 Å². The molecule has 0 rings (SSSR count). The highest BCUT2D eigenvalue weighted by atomic mass is 32.1. The number of carboxylic acid groups (broad SMARTS) is 1. The second kappa shape index (κ2) is 20.0. The van der Waals surface area contributed by atoms with Crippen molar-refractivity contribution in [3.05, 3.63) is 0 Å². The third-order valence-corrected chi connectivity index (χ3v) is 6.30. The van der Waals surface area contributed by atoms with Crippen LogP contribution in [0, 0.1) is 11.8 Å². The molecule has 0 aromatic rings. The summed E-state index contributed by atoms with van der Waals surface area (Å²) in [5.74, 6) is -5.49. The number of nitrogens with two attached hydrogens (primary N) is 2. The quantitative estimate of drug-likeness (QED) is 0.0504. The molecule has 0 unspecified atom stereocenters. The largest absolute Gasteiger partial charge is 0.480 e. The normalized spacial score (nSPS) is 14.8. The number of aliphatic carboxylic acids is 1. The second-order valence-electron chi connectivity index (χ2n) is 10.4. The van der Waals surface area contributed by atoms with Gasteiger partial charge in [0.2, 0.25) is 29.5 Å². The van der Waals surface area contributed by atoms with Crippen molar-refractivity contribution in [3.63, 3.8) is 0 Å². The Balaban J connectivity index is 5.50. The molecule has 0 radical (unpaired) electrons. The lowest BCUT2D eigenvalue weighted by molar-refractivity contribution is -0.139. The van der Waals surface area contributed by atoms with Crippen LogP contribution >= 0.6 is 12.6 Å². The fraction of sp³-hybridized carbons (Fsp3) is 0.760. The molecule has 5 atom stereocenters. The summed E-state index contributed by atoms with van der Waals surface area (Å²) in [4.78, 5) is 74.4. The van der Waals surface area contributed by atoms with Crippen LogP contribution < -0.4 is 38.1 Å². The minimum atomic E-state index is -1.47. The minimum absolute atomic E-state index is 0.0471. The Morgan fingerprint density at radius 2 is 1.34 bits per heavy atom. The number of hydrogen-bond acceptors (Lipinski definition) is 10. The summed E-state index contributed by atoms with van der Waals surface area (Å²) >= 11 is 4.09. The molecule has 16 heteroatoms. The lowest BCUT2D eigenvalue weighted by Crippen LogP contribution is -2.60. The van der Waals surface area contributed by atoms with Gasteiger partial charge in [-0.3, -0.25) is 28.8 Å². The number of carbonyl (C=O) groups excluding carboxylic acids is 5. The predicted octanol–water partition coefficient (Wildman–Crippen LogP) is -2.79. The number of amides is 5. The molecule has 236 valence electrons. The maximum atomic E-state index is 13.2. The summed E-state index contributed by atoms with van der Waals surface area (Å²) < 4.78 is 0. The third kappa shape index (κ3) is 15.0. The number of nitrogens with one attached hydrogen (secondary N) is 5. The second-order valence-corrected chi connectivity index (χ2v) is 10.8. The molecule has 0 saturated heterocycles. The number of rotatable bonds is 20. The van der Waals surface area contributed by atoms with Gasteiger partial charge in [-0.1, -0.05) is 34.1 Å². The van der Waals surface area contributed by atoms with Gasteiger partial charge in [-0.15, -0.1) is 0 Å². The van der Waals surface area contributed by atoms with Crippen LogP contribution in [0.15, 0.2) is 0 Å². The van der Waals surface area contributed by atoms with Gasteiger partial charge >= 0.3 is 5.97 Å². The van der Waals surface area contributed by atoms with Crippen molar-refractivity contribution in [2.75, 3.05) is 25.4 Å². The summed E-state index contributed by atoms with van der Waals surface area (Å²) in [7, 11) is 0. The molecule has 0 spiro atoms. The van der Waals surface area contributed by atoms with Crippen LogP contribution in [0.25, 0.3) is 0 Å². The summed E-state index contributed by atoms with van der Waals surface area (Å²) in [6.45, 7) is 6.06. The number of aliphatic hydroxyl groups excluding tert-OH is 1. The lowest BCUT2D eigenvalue weighted by atomic mass is 9.99. The van der Waals surface area contributed by atoms with E-state index in [0.29, 0.717) is 25.8 Å². The van der Waals surface area contributed by atoms with E-state index in [1.54, 1.807) is 13.8 Å². The van der Waals surface area contributed by atoms with Gasteiger partial charge in [0, 0.05) is 5.75 Å². The van der Waals surface area contributed by atoms with Crippen molar-refractivity contribution in [2.45, 2.75) is 83.6 Å². The Labute approximate surface area is 246 Å². The molecular formula is C25H47N7O8S. The smallest absolute Gasteiger partial charge is 0.322 e. The van der Waals surface area contributed by atoms with E-state index in [0.717, 1.165) is 0 Å². The van der Waals surface area contributed by atoms with E-state index in [-0.39, 0.29) is 24.0 Å². The third-order valence-electron chi connectivity index (χ3n) is 5.94. The number of thiol groups is 1. The van der Waals surface area contributed by atoms with Crippen LogP contribution in [0.4, 0.5) is 0 Å². The van der Waals surface area contributed by atoms with E-state index in [9.17, 15) is 33.9 Å². The summed E-state index contributed by atoms with van der Waals surface area (Å²) in [6.07, 6.45) is 1.98. The molecule has 0 aliphatic heterocycles. The molecule has 0 heterocycles. The first-order chi connectivity index (χ1) is 19.2. The topological polar surface area (TPSA) is 255 Å². The van der Waals surface area contributed by atoms with Crippen LogP contribution in [-0.2, 0) is 28.8 Å². The molecular weight excluding hydrogens is 558 g/mol. The zero-order chi connectivity index (χ0) is 31.7. The molecule has 11 N–H and O–H groups in total. The maximum Gasteiger partial charge on any atom is 0.322 e. The van der Waals surface area contributed by atoms with Crippen molar-refractivity contribution < 1.29 is 39.0 Å². The molecule has 0 saturated carbocycles. The number of aliphatic hydroxyl groups is 1. The highest BCUT2D eigenvalue weighted by Crippen LogP contribution is 2.09. The van der Waals surface area contributed by atoms with E-state index in [2.05, 4.69) is 33.9 Å². The van der Waals surface area contributed by atoms with Gasteiger partial charge in [0.1, 0.15) is 30.7 Å².